The van der Waals surface area contributed by atoms with Gasteiger partial charge in [-0.15, -0.1) is 0 Å². The highest BCUT2D eigenvalue weighted by molar-refractivity contribution is 7.89. The molecule has 1 atom stereocenters. The van der Waals surface area contributed by atoms with E-state index in [2.05, 4.69) is 5.32 Å². The first-order valence-corrected chi connectivity index (χ1v) is 13.2. The molecule has 2 aliphatic rings. The van der Waals surface area contributed by atoms with Crippen LogP contribution in [0.3, 0.4) is 0 Å². The van der Waals surface area contributed by atoms with Gasteiger partial charge >= 0.3 is 0 Å². The van der Waals surface area contributed by atoms with Crippen molar-refractivity contribution in [3.05, 3.63) is 95.1 Å². The molecule has 186 valence electrons. The number of hydrogen-bond acceptors (Lipinski definition) is 5. The average Bonchev–Trinajstić information content (AvgIpc) is 3.05. The quantitative estimate of drug-likeness (QED) is 0.588. The van der Waals surface area contributed by atoms with Crippen LogP contribution in [0, 0.1) is 6.92 Å². The maximum atomic E-state index is 13.8. The zero-order chi connectivity index (χ0) is 25.3. The Balaban J connectivity index is 1.52. The fourth-order valence-electron chi connectivity index (χ4n) is 4.68. The van der Waals surface area contributed by atoms with Crippen molar-refractivity contribution in [2.24, 2.45) is 0 Å². The van der Waals surface area contributed by atoms with E-state index in [4.69, 9.17) is 4.74 Å². The second kappa shape index (κ2) is 9.85. The molecule has 0 bridgehead atoms. The summed E-state index contributed by atoms with van der Waals surface area (Å²) in [7, 11) is -3.68. The first kappa shape index (κ1) is 24.2. The van der Waals surface area contributed by atoms with Gasteiger partial charge in [0.1, 0.15) is 6.54 Å². The van der Waals surface area contributed by atoms with E-state index in [0.29, 0.717) is 37.6 Å². The number of rotatable bonds is 4. The van der Waals surface area contributed by atoms with Crippen LogP contribution in [0.15, 0.2) is 77.7 Å². The number of benzene rings is 3. The standard InChI is InChI=1S/C27H27N3O5S/c1-19-7-12-24-23(17-19)26(20-5-3-2-4-6-20)30(18-25(31)28-24)27(32)21-8-10-22(11-9-21)36(33,34)29-13-15-35-16-14-29/h2-12,17,26H,13-16,18H2,1H3,(H,28,31)/t26-/m0/s1. The van der Waals surface area contributed by atoms with Gasteiger partial charge in [0, 0.05) is 29.9 Å². The van der Waals surface area contributed by atoms with Crippen molar-refractivity contribution in [2.75, 3.05) is 38.2 Å². The number of nitrogens with one attached hydrogen (secondary N) is 1. The Hall–Kier alpha value is -3.53. The first-order chi connectivity index (χ1) is 17.3. The highest BCUT2D eigenvalue weighted by atomic mass is 32.2. The van der Waals surface area contributed by atoms with Crippen molar-refractivity contribution in [1.82, 2.24) is 9.21 Å². The fourth-order valence-corrected chi connectivity index (χ4v) is 6.09. The van der Waals surface area contributed by atoms with E-state index >= 15 is 0 Å². The maximum Gasteiger partial charge on any atom is 0.255 e. The van der Waals surface area contributed by atoms with Gasteiger partial charge in [0.2, 0.25) is 15.9 Å². The van der Waals surface area contributed by atoms with Crippen molar-refractivity contribution in [3.63, 3.8) is 0 Å². The second-order valence-corrected chi connectivity index (χ2v) is 10.9. The monoisotopic (exact) mass is 505 g/mol. The molecule has 2 amide bonds. The van der Waals surface area contributed by atoms with Crippen molar-refractivity contribution in [1.29, 1.82) is 0 Å². The molecule has 1 fully saturated rings. The van der Waals surface area contributed by atoms with Gasteiger partial charge in [-0.05, 0) is 42.8 Å². The van der Waals surface area contributed by atoms with Gasteiger partial charge in [-0.25, -0.2) is 8.42 Å². The molecule has 0 unspecified atom stereocenters. The van der Waals surface area contributed by atoms with E-state index in [0.717, 1.165) is 16.7 Å². The second-order valence-electron chi connectivity index (χ2n) is 8.93. The molecule has 0 aliphatic carbocycles. The van der Waals surface area contributed by atoms with Crippen LogP contribution in [0.4, 0.5) is 5.69 Å². The van der Waals surface area contributed by atoms with Crippen LogP contribution in [-0.2, 0) is 19.6 Å². The number of fused-ring (bicyclic) bond motifs is 1. The number of sulfonamides is 1. The number of ether oxygens (including phenoxy) is 1. The first-order valence-electron chi connectivity index (χ1n) is 11.8. The van der Waals surface area contributed by atoms with Crippen LogP contribution < -0.4 is 5.32 Å². The minimum Gasteiger partial charge on any atom is -0.379 e. The Bertz CT molecular complexity index is 1380. The van der Waals surface area contributed by atoms with Crippen molar-refractivity contribution in [3.8, 4) is 0 Å². The lowest BCUT2D eigenvalue weighted by Crippen LogP contribution is -2.40. The Morgan fingerprint density at radius 1 is 0.972 bits per heavy atom. The molecule has 3 aromatic carbocycles. The van der Waals surface area contributed by atoms with Gasteiger partial charge in [0.15, 0.2) is 0 Å². The minimum absolute atomic E-state index is 0.120. The lowest BCUT2D eigenvalue weighted by molar-refractivity contribution is -0.117. The zero-order valence-corrected chi connectivity index (χ0v) is 20.7. The molecule has 2 heterocycles. The molecular weight excluding hydrogens is 478 g/mol. The van der Waals surface area contributed by atoms with Crippen LogP contribution >= 0.6 is 0 Å². The lowest BCUT2D eigenvalue weighted by Gasteiger charge is -2.31. The van der Waals surface area contributed by atoms with Crippen LogP contribution in [0.25, 0.3) is 0 Å². The summed E-state index contributed by atoms with van der Waals surface area (Å²) in [5, 5.41) is 2.92. The third-order valence-corrected chi connectivity index (χ3v) is 8.40. The number of amides is 2. The van der Waals surface area contributed by atoms with Crippen LogP contribution in [0.2, 0.25) is 0 Å². The molecule has 36 heavy (non-hydrogen) atoms. The van der Waals surface area contributed by atoms with E-state index in [-0.39, 0.29) is 23.3 Å². The third-order valence-electron chi connectivity index (χ3n) is 6.49. The number of carbonyl (C=O) groups excluding carboxylic acids is 2. The van der Waals surface area contributed by atoms with Crippen molar-refractivity contribution in [2.45, 2.75) is 17.9 Å². The molecule has 8 nitrogen and oxygen atoms in total. The summed E-state index contributed by atoms with van der Waals surface area (Å²) in [6.45, 7) is 3.13. The number of morpholine rings is 1. The van der Waals surface area contributed by atoms with Gasteiger partial charge in [-0.1, -0.05) is 48.0 Å². The van der Waals surface area contributed by atoms with E-state index < -0.39 is 16.1 Å². The molecule has 1 N–H and O–H groups in total. The maximum absolute atomic E-state index is 13.8. The zero-order valence-electron chi connectivity index (χ0n) is 19.9. The molecule has 0 saturated carbocycles. The highest BCUT2D eigenvalue weighted by Crippen LogP contribution is 2.37. The predicted molar refractivity (Wildman–Crippen MR) is 135 cm³/mol. The van der Waals surface area contributed by atoms with Crippen LogP contribution in [-0.4, -0.2) is 62.3 Å². The summed E-state index contributed by atoms with van der Waals surface area (Å²) in [6, 6.07) is 20.8. The SMILES string of the molecule is Cc1ccc2c(c1)[C@H](c1ccccc1)N(C(=O)c1ccc(S(=O)(=O)N3CCOCC3)cc1)CC(=O)N2. The molecule has 5 rings (SSSR count). The van der Waals surface area contributed by atoms with E-state index in [1.54, 1.807) is 4.90 Å². The summed E-state index contributed by atoms with van der Waals surface area (Å²) < 4.78 is 32.6. The Morgan fingerprint density at radius 2 is 1.67 bits per heavy atom. The van der Waals surface area contributed by atoms with Gasteiger partial charge in [0.25, 0.3) is 5.91 Å². The number of hydrogen-bond donors (Lipinski definition) is 1. The molecule has 0 spiro atoms. The Labute approximate surface area is 210 Å². The average molecular weight is 506 g/mol. The summed E-state index contributed by atoms with van der Waals surface area (Å²) in [5.41, 5.74) is 3.69. The molecule has 0 radical (unpaired) electrons. The van der Waals surface area contributed by atoms with E-state index in [1.165, 1.54) is 28.6 Å². The smallest absolute Gasteiger partial charge is 0.255 e. The van der Waals surface area contributed by atoms with Gasteiger partial charge in [0.05, 0.1) is 24.2 Å². The summed E-state index contributed by atoms with van der Waals surface area (Å²) in [6.07, 6.45) is 0. The highest BCUT2D eigenvalue weighted by Gasteiger charge is 2.34. The van der Waals surface area contributed by atoms with Crippen LogP contribution in [0.1, 0.15) is 33.1 Å². The van der Waals surface area contributed by atoms with Gasteiger partial charge < -0.3 is 15.0 Å². The lowest BCUT2D eigenvalue weighted by atomic mass is 9.94. The molecule has 2 aliphatic heterocycles. The van der Waals surface area contributed by atoms with Gasteiger partial charge in [-0.3, -0.25) is 9.59 Å². The molecule has 3 aromatic rings. The van der Waals surface area contributed by atoms with Crippen LogP contribution in [0.5, 0.6) is 0 Å². The third kappa shape index (κ3) is 4.65. The van der Waals surface area contributed by atoms with Gasteiger partial charge in [-0.2, -0.15) is 4.31 Å². The Morgan fingerprint density at radius 3 is 2.36 bits per heavy atom. The number of carbonyl (C=O) groups is 2. The Kier molecular flexibility index (Phi) is 6.61. The van der Waals surface area contributed by atoms with Crippen molar-refractivity contribution < 1.29 is 22.7 Å². The molecule has 0 aromatic heterocycles. The predicted octanol–water partition coefficient (Wildman–Crippen LogP) is 3.20. The largest absolute Gasteiger partial charge is 0.379 e. The number of nitrogens with zero attached hydrogens (tertiary/aromatic N) is 2. The summed E-state index contributed by atoms with van der Waals surface area (Å²) >= 11 is 0. The normalized spacial score (nSPS) is 18.8. The minimum atomic E-state index is -3.68. The summed E-state index contributed by atoms with van der Waals surface area (Å²) in [5.74, 6) is -0.651. The summed E-state index contributed by atoms with van der Waals surface area (Å²) in [4.78, 5) is 28.3. The number of aryl methyl sites for hydroxylation is 1. The van der Waals surface area contributed by atoms with Crippen molar-refractivity contribution >= 4 is 27.5 Å². The molecular formula is C27H27N3O5S. The molecule has 1 saturated heterocycles. The fraction of sp³-hybridized carbons (Fsp3) is 0.259. The number of anilines is 1. The molecule has 9 heteroatoms. The topological polar surface area (TPSA) is 96.0 Å². The van der Waals surface area contributed by atoms with E-state index in [1.807, 2.05) is 55.5 Å². The van der Waals surface area contributed by atoms with E-state index in [9.17, 15) is 18.0 Å².